The summed E-state index contributed by atoms with van der Waals surface area (Å²) in [5.74, 6) is 0.700. The number of fused-ring (bicyclic) bond motifs is 1. The molecule has 0 saturated heterocycles. The van der Waals surface area contributed by atoms with Gasteiger partial charge in [0.15, 0.2) is 0 Å². The Kier molecular flexibility index (Phi) is 2.03. The molecule has 2 nitrogen and oxygen atoms in total. The zero-order chi connectivity index (χ0) is 10.3. The van der Waals surface area contributed by atoms with E-state index >= 15 is 0 Å². The van der Waals surface area contributed by atoms with Crippen molar-refractivity contribution in [3.8, 4) is 0 Å². The highest BCUT2D eigenvalue weighted by molar-refractivity contribution is 5.83. The van der Waals surface area contributed by atoms with Gasteiger partial charge in [-0.05, 0) is 36.5 Å². The predicted octanol–water partition coefficient (Wildman–Crippen LogP) is 2.97. The number of hydrogen-bond acceptors (Lipinski definition) is 1. The lowest BCUT2D eigenvalue weighted by atomic mass is 9.77. The van der Waals surface area contributed by atoms with Gasteiger partial charge in [-0.25, -0.2) is 0 Å². The van der Waals surface area contributed by atoms with E-state index in [0.29, 0.717) is 5.92 Å². The van der Waals surface area contributed by atoms with E-state index in [1.165, 1.54) is 35.7 Å². The van der Waals surface area contributed by atoms with E-state index in [4.69, 9.17) is 5.73 Å². The van der Waals surface area contributed by atoms with Gasteiger partial charge < -0.3 is 10.7 Å². The maximum atomic E-state index is 6.31. The fourth-order valence-corrected chi connectivity index (χ4v) is 2.45. The van der Waals surface area contributed by atoms with Gasteiger partial charge in [-0.2, -0.15) is 0 Å². The smallest absolute Gasteiger partial charge is 0.0457 e. The van der Waals surface area contributed by atoms with Crippen molar-refractivity contribution in [3.63, 3.8) is 0 Å². The Morgan fingerprint density at radius 3 is 2.87 bits per heavy atom. The first kappa shape index (κ1) is 8.98. The van der Waals surface area contributed by atoms with Gasteiger partial charge in [0, 0.05) is 23.1 Å². The number of hydrogen-bond donors (Lipinski definition) is 2. The van der Waals surface area contributed by atoms with Gasteiger partial charge in [-0.3, -0.25) is 0 Å². The Balaban J connectivity index is 2.05. The van der Waals surface area contributed by atoms with Crippen molar-refractivity contribution in [1.82, 2.24) is 4.98 Å². The monoisotopic (exact) mass is 200 g/mol. The number of benzene rings is 1. The molecule has 78 valence electrons. The van der Waals surface area contributed by atoms with E-state index < -0.39 is 0 Å². The lowest BCUT2D eigenvalue weighted by Gasteiger charge is -2.31. The van der Waals surface area contributed by atoms with Gasteiger partial charge in [0.05, 0.1) is 0 Å². The summed E-state index contributed by atoms with van der Waals surface area (Å²) in [6.45, 7) is 0. The third kappa shape index (κ3) is 1.37. The van der Waals surface area contributed by atoms with Crippen LogP contribution in [0.4, 0.5) is 0 Å². The van der Waals surface area contributed by atoms with Crippen LogP contribution in [-0.4, -0.2) is 4.98 Å². The van der Waals surface area contributed by atoms with Crippen LogP contribution in [0.3, 0.4) is 0 Å². The predicted molar refractivity (Wildman–Crippen MR) is 62.6 cm³/mol. The molecule has 1 aliphatic rings. The summed E-state index contributed by atoms with van der Waals surface area (Å²) in [6, 6.07) is 8.71. The quantitative estimate of drug-likeness (QED) is 0.768. The Morgan fingerprint density at radius 1 is 1.27 bits per heavy atom. The highest BCUT2D eigenvalue weighted by Crippen LogP contribution is 2.38. The van der Waals surface area contributed by atoms with Crippen LogP contribution in [0.1, 0.15) is 30.9 Å². The highest BCUT2D eigenvalue weighted by atomic mass is 14.7. The standard InChI is InChI=1S/C13H16N2/c14-13(9-3-1-4-9)11-5-2-6-12-10(11)7-8-15-12/h2,5-9,13,15H,1,3-4,14H2/t13-/m0/s1. The van der Waals surface area contributed by atoms with Gasteiger partial charge in [0.1, 0.15) is 0 Å². The number of nitrogens with two attached hydrogens (primary N) is 1. The molecule has 0 aliphatic heterocycles. The minimum Gasteiger partial charge on any atom is -0.361 e. The summed E-state index contributed by atoms with van der Waals surface area (Å²) in [5.41, 5.74) is 8.81. The molecule has 1 saturated carbocycles. The van der Waals surface area contributed by atoms with Crippen LogP contribution in [0.15, 0.2) is 30.5 Å². The Bertz CT molecular complexity index is 468. The van der Waals surface area contributed by atoms with Crippen LogP contribution in [0, 0.1) is 5.92 Å². The normalized spacial score (nSPS) is 19.0. The number of H-pyrrole nitrogens is 1. The van der Waals surface area contributed by atoms with Crippen LogP contribution >= 0.6 is 0 Å². The molecule has 0 radical (unpaired) electrons. The summed E-state index contributed by atoms with van der Waals surface area (Å²) < 4.78 is 0. The van der Waals surface area contributed by atoms with E-state index in [9.17, 15) is 0 Å². The van der Waals surface area contributed by atoms with Gasteiger partial charge in [0.25, 0.3) is 0 Å². The average molecular weight is 200 g/mol. The molecule has 1 aromatic heterocycles. The molecule has 15 heavy (non-hydrogen) atoms. The molecule has 3 rings (SSSR count). The zero-order valence-electron chi connectivity index (χ0n) is 8.74. The fraction of sp³-hybridized carbons (Fsp3) is 0.385. The summed E-state index contributed by atoms with van der Waals surface area (Å²) >= 11 is 0. The Morgan fingerprint density at radius 2 is 2.13 bits per heavy atom. The molecule has 0 bridgehead atoms. The maximum Gasteiger partial charge on any atom is 0.0457 e. The molecule has 0 spiro atoms. The zero-order valence-corrected chi connectivity index (χ0v) is 8.74. The summed E-state index contributed by atoms with van der Waals surface area (Å²) in [5, 5.41) is 1.29. The molecule has 1 aliphatic carbocycles. The van der Waals surface area contributed by atoms with E-state index in [2.05, 4.69) is 29.2 Å². The largest absolute Gasteiger partial charge is 0.361 e. The lowest BCUT2D eigenvalue weighted by Crippen LogP contribution is -2.26. The molecule has 2 aromatic rings. The van der Waals surface area contributed by atoms with E-state index in [1.54, 1.807) is 0 Å². The van der Waals surface area contributed by atoms with Crippen LogP contribution < -0.4 is 5.73 Å². The second-order valence-electron chi connectivity index (χ2n) is 4.50. The molecule has 1 atom stereocenters. The molecule has 0 amide bonds. The lowest BCUT2D eigenvalue weighted by molar-refractivity contribution is 0.265. The number of nitrogens with one attached hydrogen (secondary N) is 1. The highest BCUT2D eigenvalue weighted by Gasteiger charge is 2.26. The van der Waals surface area contributed by atoms with Crippen LogP contribution in [0.2, 0.25) is 0 Å². The third-order valence-electron chi connectivity index (χ3n) is 3.65. The van der Waals surface area contributed by atoms with Crippen molar-refractivity contribution >= 4 is 10.9 Å². The van der Waals surface area contributed by atoms with Crippen molar-refractivity contribution < 1.29 is 0 Å². The van der Waals surface area contributed by atoms with E-state index in [-0.39, 0.29) is 6.04 Å². The third-order valence-corrected chi connectivity index (χ3v) is 3.65. The summed E-state index contributed by atoms with van der Waals surface area (Å²) in [7, 11) is 0. The average Bonchev–Trinajstić information content (AvgIpc) is 2.61. The van der Waals surface area contributed by atoms with Gasteiger partial charge in [-0.1, -0.05) is 18.6 Å². The minimum atomic E-state index is 0.221. The molecular weight excluding hydrogens is 184 g/mol. The van der Waals surface area contributed by atoms with E-state index in [1.807, 2.05) is 6.20 Å². The maximum absolute atomic E-state index is 6.31. The molecule has 1 heterocycles. The molecule has 0 unspecified atom stereocenters. The summed E-state index contributed by atoms with van der Waals surface area (Å²) in [6.07, 6.45) is 5.92. The van der Waals surface area contributed by atoms with Gasteiger partial charge in [-0.15, -0.1) is 0 Å². The topological polar surface area (TPSA) is 41.8 Å². The van der Waals surface area contributed by atoms with E-state index in [0.717, 1.165) is 0 Å². The van der Waals surface area contributed by atoms with Gasteiger partial charge >= 0.3 is 0 Å². The van der Waals surface area contributed by atoms with Crippen molar-refractivity contribution in [2.45, 2.75) is 25.3 Å². The Labute approximate surface area is 89.5 Å². The van der Waals surface area contributed by atoms with Crippen molar-refractivity contribution in [3.05, 3.63) is 36.0 Å². The van der Waals surface area contributed by atoms with Crippen LogP contribution in [-0.2, 0) is 0 Å². The molecule has 2 heteroatoms. The van der Waals surface area contributed by atoms with Crippen LogP contribution in [0.25, 0.3) is 10.9 Å². The van der Waals surface area contributed by atoms with Crippen molar-refractivity contribution in [2.24, 2.45) is 11.7 Å². The van der Waals surface area contributed by atoms with Crippen molar-refractivity contribution in [2.75, 3.05) is 0 Å². The Hall–Kier alpha value is -1.28. The molecule has 1 fully saturated rings. The first-order valence-corrected chi connectivity index (χ1v) is 5.68. The number of aromatic nitrogens is 1. The fourth-order valence-electron chi connectivity index (χ4n) is 2.45. The number of aromatic amines is 1. The van der Waals surface area contributed by atoms with Crippen molar-refractivity contribution in [1.29, 1.82) is 0 Å². The molecule has 1 aromatic carbocycles. The minimum absolute atomic E-state index is 0.221. The number of rotatable bonds is 2. The SMILES string of the molecule is N[C@H](c1cccc2[nH]ccc12)C1CCC1. The first-order valence-electron chi connectivity index (χ1n) is 5.68. The summed E-state index contributed by atoms with van der Waals surface area (Å²) in [4.78, 5) is 3.23. The second kappa shape index (κ2) is 3.38. The first-order chi connectivity index (χ1) is 7.36. The molecule has 3 N–H and O–H groups in total. The molecular formula is C13H16N2. The van der Waals surface area contributed by atoms with Crippen LogP contribution in [0.5, 0.6) is 0 Å². The van der Waals surface area contributed by atoms with Gasteiger partial charge in [0.2, 0.25) is 0 Å². The second-order valence-corrected chi connectivity index (χ2v) is 4.50.